The van der Waals surface area contributed by atoms with E-state index in [1.54, 1.807) is 12.1 Å². The maximum Gasteiger partial charge on any atom is 0.416 e. The zero-order chi connectivity index (χ0) is 23.0. The Morgan fingerprint density at radius 3 is 2.06 bits per heavy atom. The van der Waals surface area contributed by atoms with Gasteiger partial charge in [-0.3, -0.25) is 9.69 Å². The van der Waals surface area contributed by atoms with Crippen LogP contribution in [0.25, 0.3) is 0 Å². The molecule has 0 fully saturated rings. The number of methoxy groups -OCH3 is 3. The minimum absolute atomic E-state index is 0.180. The van der Waals surface area contributed by atoms with Crippen molar-refractivity contribution in [3.8, 4) is 17.2 Å². The number of anilines is 2. The molecule has 1 aliphatic heterocycles. The molecule has 3 aromatic rings. The van der Waals surface area contributed by atoms with Gasteiger partial charge in [-0.25, -0.2) is 0 Å². The van der Waals surface area contributed by atoms with Gasteiger partial charge in [0.05, 0.1) is 38.3 Å². The van der Waals surface area contributed by atoms with Gasteiger partial charge in [-0.15, -0.1) is 0 Å². The summed E-state index contributed by atoms with van der Waals surface area (Å²) >= 11 is 0. The number of para-hydroxylation sites is 1. The van der Waals surface area contributed by atoms with E-state index in [0.717, 1.165) is 17.7 Å². The summed E-state index contributed by atoms with van der Waals surface area (Å²) in [6.45, 7) is 0. The number of hydrogen-bond acceptors (Lipinski definition) is 4. The van der Waals surface area contributed by atoms with Gasteiger partial charge in [0.15, 0.2) is 11.5 Å². The topological polar surface area (TPSA) is 48.0 Å². The normalized spacial score (nSPS) is 12.6. The van der Waals surface area contributed by atoms with Gasteiger partial charge in [0, 0.05) is 12.0 Å². The lowest BCUT2D eigenvalue weighted by molar-refractivity contribution is -0.137. The molecule has 32 heavy (non-hydrogen) atoms. The highest BCUT2D eigenvalue weighted by Crippen LogP contribution is 2.44. The Labute approximate surface area is 182 Å². The van der Waals surface area contributed by atoms with Crippen molar-refractivity contribution in [1.29, 1.82) is 0 Å². The molecule has 0 spiro atoms. The molecule has 0 unspecified atom stereocenters. The summed E-state index contributed by atoms with van der Waals surface area (Å²) in [6.07, 6.45) is -4.12. The van der Waals surface area contributed by atoms with Crippen LogP contribution in [0, 0.1) is 0 Å². The molecule has 1 heterocycles. The van der Waals surface area contributed by atoms with Crippen molar-refractivity contribution in [1.82, 2.24) is 0 Å². The molecule has 0 bridgehead atoms. The summed E-state index contributed by atoms with van der Waals surface area (Å²) < 4.78 is 56.3. The Morgan fingerprint density at radius 1 is 0.844 bits per heavy atom. The van der Waals surface area contributed by atoms with Gasteiger partial charge in [0.25, 0.3) is 5.91 Å². The van der Waals surface area contributed by atoms with E-state index in [4.69, 9.17) is 14.2 Å². The second kappa shape index (κ2) is 8.11. The third-order valence-corrected chi connectivity index (χ3v) is 5.38. The average Bonchev–Trinajstić information content (AvgIpc) is 2.80. The molecule has 8 heteroatoms. The monoisotopic (exact) mass is 443 g/mol. The molecule has 0 aliphatic carbocycles. The summed E-state index contributed by atoms with van der Waals surface area (Å²) in [4.78, 5) is 15.0. The molecule has 5 nitrogen and oxygen atoms in total. The van der Waals surface area contributed by atoms with E-state index in [0.29, 0.717) is 23.4 Å². The van der Waals surface area contributed by atoms with Crippen molar-refractivity contribution in [2.45, 2.75) is 12.6 Å². The van der Waals surface area contributed by atoms with E-state index in [1.165, 1.54) is 44.4 Å². The smallest absolute Gasteiger partial charge is 0.416 e. The molecule has 166 valence electrons. The van der Waals surface area contributed by atoms with E-state index in [1.807, 2.05) is 12.1 Å². The third-order valence-electron chi connectivity index (χ3n) is 5.38. The van der Waals surface area contributed by atoms with Crippen LogP contribution < -0.4 is 19.1 Å². The fourth-order valence-corrected chi connectivity index (χ4v) is 3.86. The van der Waals surface area contributed by atoms with Crippen molar-refractivity contribution in [2.75, 3.05) is 26.2 Å². The molecule has 0 saturated carbocycles. The lowest BCUT2D eigenvalue weighted by atomic mass is 9.93. The van der Waals surface area contributed by atoms with Crippen molar-refractivity contribution >= 4 is 17.3 Å². The van der Waals surface area contributed by atoms with Gasteiger partial charge in [-0.05, 0) is 41.5 Å². The summed E-state index contributed by atoms with van der Waals surface area (Å²) in [5.74, 6) is 0.330. The van der Waals surface area contributed by atoms with Crippen LogP contribution >= 0.6 is 0 Å². The highest BCUT2D eigenvalue weighted by molar-refractivity contribution is 6.13. The molecule has 0 saturated heterocycles. The number of rotatable bonds is 4. The largest absolute Gasteiger partial charge is 0.493 e. The predicted octanol–water partition coefficient (Wildman–Crippen LogP) is 5.61. The fourth-order valence-electron chi connectivity index (χ4n) is 3.86. The number of halogens is 3. The second-order valence-corrected chi connectivity index (χ2v) is 7.20. The zero-order valence-electron chi connectivity index (χ0n) is 17.6. The maximum atomic E-state index is 13.7. The lowest BCUT2D eigenvalue weighted by Crippen LogP contribution is -2.30. The zero-order valence-corrected chi connectivity index (χ0v) is 17.6. The first-order chi connectivity index (χ1) is 15.3. The number of carbonyl (C=O) groups is 1. The van der Waals surface area contributed by atoms with E-state index in [9.17, 15) is 18.0 Å². The van der Waals surface area contributed by atoms with E-state index < -0.39 is 17.6 Å². The molecule has 3 aromatic carbocycles. The molecule has 0 atom stereocenters. The Balaban J connectivity index is 1.91. The van der Waals surface area contributed by atoms with Crippen molar-refractivity contribution in [3.05, 3.63) is 76.9 Å². The lowest BCUT2D eigenvalue weighted by Gasteiger charge is -2.32. The van der Waals surface area contributed by atoms with Crippen LogP contribution in [0.4, 0.5) is 24.5 Å². The Morgan fingerprint density at radius 2 is 1.47 bits per heavy atom. The first-order valence-corrected chi connectivity index (χ1v) is 9.71. The Kier molecular flexibility index (Phi) is 5.46. The number of carbonyl (C=O) groups excluding carboxylic acids is 1. The SMILES string of the molecule is COc1cc(C(=O)N2c3ccccc3Cc3ccc(C(F)(F)F)cc32)cc(OC)c1OC. The van der Waals surface area contributed by atoms with Crippen LogP contribution in [0.3, 0.4) is 0 Å². The van der Waals surface area contributed by atoms with E-state index >= 15 is 0 Å². The van der Waals surface area contributed by atoms with Gasteiger partial charge in [-0.1, -0.05) is 24.3 Å². The van der Waals surface area contributed by atoms with Crippen LogP contribution in [0.1, 0.15) is 27.0 Å². The van der Waals surface area contributed by atoms with Crippen LogP contribution in [0.15, 0.2) is 54.6 Å². The first-order valence-electron chi connectivity index (χ1n) is 9.71. The molecular formula is C24H20F3NO4. The van der Waals surface area contributed by atoms with Crippen LogP contribution in [-0.4, -0.2) is 27.2 Å². The van der Waals surface area contributed by atoms with Gasteiger partial charge < -0.3 is 14.2 Å². The molecule has 0 N–H and O–H groups in total. The molecule has 0 radical (unpaired) electrons. The van der Waals surface area contributed by atoms with Crippen LogP contribution in [0.5, 0.6) is 17.2 Å². The Bertz CT molecular complexity index is 1170. The third kappa shape index (κ3) is 3.62. The van der Waals surface area contributed by atoms with Crippen molar-refractivity contribution in [2.24, 2.45) is 0 Å². The first kappa shape index (κ1) is 21.5. The fraction of sp³-hybridized carbons (Fsp3) is 0.208. The number of hydrogen-bond donors (Lipinski definition) is 0. The van der Waals surface area contributed by atoms with E-state index in [-0.39, 0.29) is 22.7 Å². The molecular weight excluding hydrogens is 423 g/mol. The van der Waals surface area contributed by atoms with Crippen molar-refractivity contribution < 1.29 is 32.2 Å². The number of alkyl halides is 3. The highest BCUT2D eigenvalue weighted by atomic mass is 19.4. The quantitative estimate of drug-likeness (QED) is 0.526. The van der Waals surface area contributed by atoms with Crippen LogP contribution in [-0.2, 0) is 12.6 Å². The minimum Gasteiger partial charge on any atom is -0.493 e. The van der Waals surface area contributed by atoms with Gasteiger partial charge in [0.2, 0.25) is 5.75 Å². The summed E-state index contributed by atoms with van der Waals surface area (Å²) in [5, 5.41) is 0. The maximum absolute atomic E-state index is 13.7. The number of amides is 1. The predicted molar refractivity (Wildman–Crippen MR) is 113 cm³/mol. The summed E-state index contributed by atoms with van der Waals surface area (Å²) in [6, 6.07) is 13.6. The summed E-state index contributed by atoms with van der Waals surface area (Å²) in [5.41, 5.74) is 1.53. The molecule has 1 aliphatic rings. The molecule has 4 rings (SSSR count). The van der Waals surface area contributed by atoms with Gasteiger partial charge in [0.1, 0.15) is 0 Å². The van der Waals surface area contributed by atoms with Gasteiger partial charge >= 0.3 is 6.18 Å². The molecule has 0 aromatic heterocycles. The number of ether oxygens (including phenoxy) is 3. The van der Waals surface area contributed by atoms with Crippen LogP contribution in [0.2, 0.25) is 0 Å². The number of benzene rings is 3. The number of fused-ring (bicyclic) bond motifs is 2. The number of nitrogens with zero attached hydrogens (tertiary/aromatic N) is 1. The Hall–Kier alpha value is -3.68. The van der Waals surface area contributed by atoms with E-state index in [2.05, 4.69) is 0 Å². The van der Waals surface area contributed by atoms with Gasteiger partial charge in [-0.2, -0.15) is 13.2 Å². The van der Waals surface area contributed by atoms with Crippen molar-refractivity contribution in [3.63, 3.8) is 0 Å². The average molecular weight is 443 g/mol. The summed E-state index contributed by atoms with van der Waals surface area (Å²) in [7, 11) is 4.29. The molecule has 1 amide bonds. The second-order valence-electron chi connectivity index (χ2n) is 7.20. The highest BCUT2D eigenvalue weighted by Gasteiger charge is 2.35. The minimum atomic E-state index is -4.53. The standard InChI is InChI=1S/C24H20F3NO4/c1-30-20-11-16(12-21(31-2)22(20)32-3)23(29)28-18-7-5-4-6-14(18)10-15-8-9-17(13-19(15)28)24(25,26)27/h4-9,11-13H,10H2,1-3H3.